The largest absolute Gasteiger partial charge is 0.478 e. The minimum absolute atomic E-state index is 0.0650. The molecule has 7 nitrogen and oxygen atoms in total. The molecule has 1 aromatic carbocycles. The smallest absolute Gasteiger partial charge is 0.338 e. The third kappa shape index (κ3) is 3.49. The molecule has 1 saturated carbocycles. The zero-order valence-corrected chi connectivity index (χ0v) is 11.8. The predicted octanol–water partition coefficient (Wildman–Crippen LogP) is 2.52. The number of aromatic carboxylic acids is 1. The maximum atomic E-state index is 11.2. The van der Waals surface area contributed by atoms with Crippen LogP contribution in [0.2, 0.25) is 0 Å². The van der Waals surface area contributed by atoms with Crippen LogP contribution in [0.15, 0.2) is 18.2 Å². The highest BCUT2D eigenvalue weighted by Crippen LogP contribution is 2.49. The van der Waals surface area contributed by atoms with Crippen LogP contribution in [0.1, 0.15) is 29.6 Å². The van der Waals surface area contributed by atoms with E-state index < -0.39 is 10.9 Å². The van der Waals surface area contributed by atoms with Crippen molar-refractivity contribution in [3.8, 4) is 0 Å². The minimum atomic E-state index is -1.18. The Morgan fingerprint density at radius 3 is 2.76 bits per heavy atom. The summed E-state index contributed by atoms with van der Waals surface area (Å²) >= 11 is 0. The van der Waals surface area contributed by atoms with E-state index in [2.05, 4.69) is 5.32 Å². The fourth-order valence-corrected chi connectivity index (χ4v) is 2.34. The van der Waals surface area contributed by atoms with E-state index in [1.165, 1.54) is 18.2 Å². The van der Waals surface area contributed by atoms with Crippen molar-refractivity contribution in [2.75, 3.05) is 25.6 Å². The summed E-state index contributed by atoms with van der Waals surface area (Å²) in [5, 5.41) is 23.2. The van der Waals surface area contributed by atoms with Crippen LogP contribution in [0.4, 0.5) is 11.4 Å². The van der Waals surface area contributed by atoms with Gasteiger partial charge in [-0.05, 0) is 30.7 Å². The number of rotatable bonds is 8. The number of carboxylic acid groups (broad SMARTS) is 1. The summed E-state index contributed by atoms with van der Waals surface area (Å²) in [5.41, 5.74) is -0.141. The Morgan fingerprint density at radius 1 is 1.52 bits per heavy atom. The number of methoxy groups -OCH3 is 1. The van der Waals surface area contributed by atoms with Crippen LogP contribution in [0.25, 0.3) is 0 Å². The van der Waals surface area contributed by atoms with Gasteiger partial charge in [0.15, 0.2) is 0 Å². The van der Waals surface area contributed by atoms with Crippen molar-refractivity contribution in [2.45, 2.75) is 19.3 Å². The second kappa shape index (κ2) is 6.09. The topological polar surface area (TPSA) is 102 Å². The Kier molecular flexibility index (Phi) is 4.42. The van der Waals surface area contributed by atoms with Crippen LogP contribution in [0.5, 0.6) is 0 Å². The normalized spacial score (nSPS) is 15.5. The number of anilines is 1. The average Bonchev–Trinajstić information content (AvgIpc) is 3.22. The molecule has 21 heavy (non-hydrogen) atoms. The van der Waals surface area contributed by atoms with Gasteiger partial charge in [0.1, 0.15) is 5.69 Å². The van der Waals surface area contributed by atoms with Crippen molar-refractivity contribution in [1.29, 1.82) is 0 Å². The first-order chi connectivity index (χ1) is 9.99. The van der Waals surface area contributed by atoms with E-state index in [-0.39, 0.29) is 22.4 Å². The molecule has 1 fully saturated rings. The van der Waals surface area contributed by atoms with Gasteiger partial charge in [0.25, 0.3) is 5.69 Å². The number of carbonyl (C=O) groups is 1. The van der Waals surface area contributed by atoms with Crippen LogP contribution in [0, 0.1) is 15.5 Å². The molecular formula is C14H18N2O5. The lowest BCUT2D eigenvalue weighted by atomic mass is 10.0. The second-order valence-electron chi connectivity index (χ2n) is 5.36. The molecule has 1 aliphatic rings. The third-order valence-corrected chi connectivity index (χ3v) is 3.90. The number of para-hydroxylation sites is 1. The zero-order valence-electron chi connectivity index (χ0n) is 11.8. The molecular weight excluding hydrogens is 276 g/mol. The van der Waals surface area contributed by atoms with Crippen LogP contribution in [0.3, 0.4) is 0 Å². The summed E-state index contributed by atoms with van der Waals surface area (Å²) in [7, 11) is 1.63. The number of carboxylic acids is 1. The van der Waals surface area contributed by atoms with Crippen LogP contribution in [-0.2, 0) is 4.74 Å². The number of benzene rings is 1. The molecule has 0 spiro atoms. The Balaban J connectivity index is 2.18. The third-order valence-electron chi connectivity index (χ3n) is 3.90. The van der Waals surface area contributed by atoms with Crippen LogP contribution >= 0.6 is 0 Å². The van der Waals surface area contributed by atoms with E-state index in [9.17, 15) is 20.0 Å². The minimum Gasteiger partial charge on any atom is -0.478 e. The summed E-state index contributed by atoms with van der Waals surface area (Å²) in [5.74, 6) is -1.18. The summed E-state index contributed by atoms with van der Waals surface area (Å²) in [6.45, 7) is 1.14. The van der Waals surface area contributed by atoms with E-state index in [1.807, 2.05) is 0 Å². The lowest BCUT2D eigenvalue weighted by molar-refractivity contribution is -0.384. The van der Waals surface area contributed by atoms with E-state index in [0.717, 1.165) is 19.3 Å². The highest BCUT2D eigenvalue weighted by molar-refractivity contribution is 5.96. The molecule has 2 N–H and O–H groups in total. The molecule has 0 bridgehead atoms. The van der Waals surface area contributed by atoms with Gasteiger partial charge in [-0.1, -0.05) is 6.07 Å². The summed E-state index contributed by atoms with van der Waals surface area (Å²) < 4.78 is 5.06. The van der Waals surface area contributed by atoms with E-state index in [1.54, 1.807) is 7.11 Å². The van der Waals surface area contributed by atoms with Gasteiger partial charge in [0, 0.05) is 26.3 Å². The van der Waals surface area contributed by atoms with E-state index >= 15 is 0 Å². The number of nitrogens with one attached hydrogen (secondary N) is 1. The number of ether oxygens (including phenoxy) is 1. The number of hydrogen-bond donors (Lipinski definition) is 2. The molecule has 1 aliphatic carbocycles. The van der Waals surface area contributed by atoms with Crippen molar-refractivity contribution < 1.29 is 19.6 Å². The van der Waals surface area contributed by atoms with Crippen molar-refractivity contribution >= 4 is 17.3 Å². The molecule has 0 unspecified atom stereocenters. The predicted molar refractivity (Wildman–Crippen MR) is 76.7 cm³/mol. The Morgan fingerprint density at radius 2 is 2.24 bits per heavy atom. The van der Waals surface area contributed by atoms with Crippen molar-refractivity contribution in [1.82, 2.24) is 0 Å². The van der Waals surface area contributed by atoms with Crippen molar-refractivity contribution in [3.05, 3.63) is 33.9 Å². The van der Waals surface area contributed by atoms with Gasteiger partial charge >= 0.3 is 5.97 Å². The Hall–Kier alpha value is -2.15. The highest BCUT2D eigenvalue weighted by Gasteiger charge is 2.42. The standard InChI is InChI=1S/C14H18N2O5/c1-21-8-7-14(5-6-14)9-15-12-10(13(17)18)3-2-4-11(12)16(19)20/h2-4,15H,5-9H2,1H3,(H,17,18). The molecule has 0 aliphatic heterocycles. The first-order valence-electron chi connectivity index (χ1n) is 6.73. The fourth-order valence-electron chi connectivity index (χ4n) is 2.34. The van der Waals surface area contributed by atoms with E-state index in [4.69, 9.17) is 4.74 Å². The lowest BCUT2D eigenvalue weighted by Gasteiger charge is -2.17. The molecule has 0 atom stereocenters. The summed E-state index contributed by atoms with van der Waals surface area (Å²) in [6, 6.07) is 4.06. The number of nitro benzene ring substituents is 1. The number of nitrogens with zero attached hydrogens (tertiary/aromatic N) is 1. The van der Waals surface area contributed by atoms with Crippen molar-refractivity contribution in [2.24, 2.45) is 5.41 Å². The highest BCUT2D eigenvalue weighted by atomic mass is 16.6. The molecule has 0 aromatic heterocycles. The Bertz CT molecular complexity index is 522. The Labute approximate surface area is 122 Å². The molecule has 7 heteroatoms. The quantitative estimate of drug-likeness (QED) is 0.564. The molecule has 0 heterocycles. The van der Waals surface area contributed by atoms with Gasteiger partial charge in [-0.2, -0.15) is 0 Å². The van der Waals surface area contributed by atoms with Gasteiger partial charge in [0.2, 0.25) is 0 Å². The van der Waals surface area contributed by atoms with Crippen LogP contribution < -0.4 is 5.32 Å². The first-order valence-corrected chi connectivity index (χ1v) is 6.73. The van der Waals surface area contributed by atoms with Gasteiger partial charge < -0.3 is 15.2 Å². The molecule has 0 amide bonds. The zero-order chi connectivity index (χ0) is 15.5. The van der Waals surface area contributed by atoms with Gasteiger partial charge in [-0.15, -0.1) is 0 Å². The average molecular weight is 294 g/mol. The monoisotopic (exact) mass is 294 g/mol. The van der Waals surface area contributed by atoms with Crippen molar-refractivity contribution in [3.63, 3.8) is 0 Å². The number of hydrogen-bond acceptors (Lipinski definition) is 5. The molecule has 0 saturated heterocycles. The SMILES string of the molecule is COCCC1(CNc2c(C(=O)O)cccc2[N+](=O)[O-])CC1. The maximum Gasteiger partial charge on any atom is 0.338 e. The maximum absolute atomic E-state index is 11.2. The fraction of sp³-hybridized carbons (Fsp3) is 0.500. The van der Waals surface area contributed by atoms with Gasteiger partial charge in [-0.3, -0.25) is 10.1 Å². The van der Waals surface area contributed by atoms with Crippen LogP contribution in [-0.4, -0.2) is 36.3 Å². The molecule has 114 valence electrons. The van der Waals surface area contributed by atoms with Gasteiger partial charge in [0.05, 0.1) is 10.5 Å². The second-order valence-corrected chi connectivity index (χ2v) is 5.36. The lowest BCUT2D eigenvalue weighted by Crippen LogP contribution is -2.19. The van der Waals surface area contributed by atoms with Gasteiger partial charge in [-0.25, -0.2) is 4.79 Å². The molecule has 0 radical (unpaired) electrons. The molecule has 2 rings (SSSR count). The number of nitro groups is 1. The molecule has 1 aromatic rings. The van der Waals surface area contributed by atoms with E-state index in [0.29, 0.717) is 13.2 Å². The summed E-state index contributed by atoms with van der Waals surface area (Å²) in [6.07, 6.45) is 2.90. The summed E-state index contributed by atoms with van der Waals surface area (Å²) in [4.78, 5) is 21.7. The first kappa shape index (κ1) is 15.2.